The van der Waals surface area contributed by atoms with Crippen LogP contribution in [0, 0.1) is 0 Å². The molecular weight excluding hydrogens is 170 g/mol. The van der Waals surface area contributed by atoms with Crippen molar-refractivity contribution in [3.63, 3.8) is 0 Å². The Morgan fingerprint density at radius 2 is 2.07 bits per heavy atom. The molecule has 14 heavy (non-hydrogen) atoms. The van der Waals surface area contributed by atoms with Gasteiger partial charge in [-0.25, -0.2) is 0 Å². The fourth-order valence-electron chi connectivity index (χ4n) is 1.63. The van der Waals surface area contributed by atoms with E-state index in [0.29, 0.717) is 0 Å². The number of rotatable bonds is 2. The lowest BCUT2D eigenvalue weighted by molar-refractivity contribution is 0.418. The third-order valence-electron chi connectivity index (χ3n) is 2.51. The maximum Gasteiger partial charge on any atom is 0.0367 e. The summed E-state index contributed by atoms with van der Waals surface area (Å²) in [5.41, 5.74) is 4.96. The van der Waals surface area contributed by atoms with Gasteiger partial charge in [0.05, 0.1) is 0 Å². The van der Waals surface area contributed by atoms with Gasteiger partial charge in [0.1, 0.15) is 0 Å². The molecule has 1 rings (SSSR count). The van der Waals surface area contributed by atoms with Gasteiger partial charge < -0.3 is 4.90 Å². The van der Waals surface area contributed by atoms with Crippen molar-refractivity contribution in [3.8, 4) is 0 Å². The zero-order valence-corrected chi connectivity index (χ0v) is 9.43. The Labute approximate surface area is 87.1 Å². The van der Waals surface area contributed by atoms with E-state index in [0.717, 1.165) is 18.7 Å². The minimum absolute atomic E-state index is 1.04. The molecule has 1 heterocycles. The van der Waals surface area contributed by atoms with Crippen LogP contribution >= 0.6 is 0 Å². The molecule has 0 radical (unpaired) electrons. The molecule has 0 N–H and O–H groups in total. The number of likely N-dealkylation sites (N-methyl/N-ethyl adjacent to an activating group) is 1. The quantitative estimate of drug-likeness (QED) is 0.644. The van der Waals surface area contributed by atoms with E-state index in [4.69, 9.17) is 0 Å². The second-order valence-corrected chi connectivity index (χ2v) is 3.98. The molecule has 76 valence electrons. The zero-order valence-electron chi connectivity index (χ0n) is 9.43. The number of allylic oxidation sites excluding steroid dienone is 3. The topological polar surface area (TPSA) is 3.24 Å². The van der Waals surface area contributed by atoms with Crippen LogP contribution in [0.4, 0.5) is 0 Å². The molecule has 0 aromatic rings. The minimum atomic E-state index is 1.04. The monoisotopic (exact) mass is 189 g/mol. The number of hydrogen-bond donors (Lipinski definition) is 0. The van der Waals surface area contributed by atoms with Crippen LogP contribution in [-0.4, -0.2) is 18.5 Å². The van der Waals surface area contributed by atoms with Gasteiger partial charge in [0.25, 0.3) is 0 Å². The van der Waals surface area contributed by atoms with E-state index < -0.39 is 0 Å². The van der Waals surface area contributed by atoms with Crippen LogP contribution in [0.25, 0.3) is 0 Å². The highest BCUT2D eigenvalue weighted by Gasteiger charge is 2.15. The predicted octanol–water partition coefficient (Wildman–Crippen LogP) is 3.28. The summed E-state index contributed by atoms with van der Waals surface area (Å²) >= 11 is 0. The number of hydrogen-bond acceptors (Lipinski definition) is 1. The third kappa shape index (κ3) is 2.16. The molecule has 1 aliphatic heterocycles. The van der Waals surface area contributed by atoms with Crippen molar-refractivity contribution in [2.75, 3.05) is 13.6 Å². The van der Waals surface area contributed by atoms with Gasteiger partial charge in [-0.05, 0) is 25.8 Å². The van der Waals surface area contributed by atoms with E-state index >= 15 is 0 Å². The molecular formula is C13H19N. The fraction of sp³-hybridized carbons (Fsp3) is 0.385. The van der Waals surface area contributed by atoms with E-state index in [9.17, 15) is 0 Å². The Bertz CT molecular complexity index is 314. The van der Waals surface area contributed by atoms with Gasteiger partial charge in [0.15, 0.2) is 0 Å². The van der Waals surface area contributed by atoms with E-state index in [2.05, 4.69) is 45.0 Å². The molecule has 0 aromatic heterocycles. The first kappa shape index (κ1) is 10.8. The Hall–Kier alpha value is -1.24. The fourth-order valence-corrected chi connectivity index (χ4v) is 1.63. The summed E-state index contributed by atoms with van der Waals surface area (Å²) in [6.07, 6.45) is 5.21. The summed E-state index contributed by atoms with van der Waals surface area (Å²) in [5.74, 6) is 0. The molecule has 0 atom stereocenters. The highest BCUT2D eigenvalue weighted by molar-refractivity contribution is 5.47. The SMILES string of the molecule is C=CC1=C(C=C(C)C)C(=C)N(C)CC1. The second kappa shape index (κ2) is 4.32. The zero-order chi connectivity index (χ0) is 10.7. The van der Waals surface area contributed by atoms with E-state index in [-0.39, 0.29) is 0 Å². The summed E-state index contributed by atoms with van der Waals surface area (Å²) in [5, 5.41) is 0. The van der Waals surface area contributed by atoms with Gasteiger partial charge in [0, 0.05) is 24.9 Å². The second-order valence-electron chi connectivity index (χ2n) is 3.98. The largest absolute Gasteiger partial charge is 0.374 e. The molecule has 0 saturated heterocycles. The molecule has 0 bridgehead atoms. The summed E-state index contributed by atoms with van der Waals surface area (Å²) in [6.45, 7) is 13.2. The first-order valence-corrected chi connectivity index (χ1v) is 4.97. The highest BCUT2D eigenvalue weighted by Crippen LogP contribution is 2.27. The predicted molar refractivity (Wildman–Crippen MR) is 63.0 cm³/mol. The smallest absolute Gasteiger partial charge is 0.0367 e. The summed E-state index contributed by atoms with van der Waals surface area (Å²) in [4.78, 5) is 2.20. The maximum absolute atomic E-state index is 4.10. The molecule has 0 aliphatic carbocycles. The molecule has 1 heteroatoms. The first-order chi connectivity index (χ1) is 6.56. The lowest BCUT2D eigenvalue weighted by Gasteiger charge is -2.29. The molecule has 0 unspecified atom stereocenters. The van der Waals surface area contributed by atoms with Crippen LogP contribution < -0.4 is 0 Å². The van der Waals surface area contributed by atoms with Crippen molar-refractivity contribution in [1.29, 1.82) is 0 Å². The van der Waals surface area contributed by atoms with Crippen molar-refractivity contribution in [2.45, 2.75) is 20.3 Å². The van der Waals surface area contributed by atoms with Gasteiger partial charge in [-0.3, -0.25) is 0 Å². The molecule has 1 aliphatic rings. The lowest BCUT2D eigenvalue weighted by atomic mass is 9.96. The van der Waals surface area contributed by atoms with Gasteiger partial charge in [0.2, 0.25) is 0 Å². The first-order valence-electron chi connectivity index (χ1n) is 4.97. The molecule has 0 spiro atoms. The normalized spacial score (nSPS) is 17.1. The van der Waals surface area contributed by atoms with E-state index in [1.165, 1.54) is 16.7 Å². The Balaban J connectivity index is 3.14. The molecule has 1 nitrogen and oxygen atoms in total. The summed E-state index contributed by atoms with van der Waals surface area (Å²) in [6, 6.07) is 0. The molecule has 0 fully saturated rings. The van der Waals surface area contributed by atoms with Gasteiger partial charge in [-0.15, -0.1) is 0 Å². The standard InChI is InChI=1S/C13H19N/c1-6-12-7-8-14(5)11(4)13(12)9-10(2)3/h6,9H,1,4,7-8H2,2-3,5H3. The Morgan fingerprint density at radius 3 is 2.57 bits per heavy atom. The van der Waals surface area contributed by atoms with Crippen LogP contribution in [0.2, 0.25) is 0 Å². The van der Waals surface area contributed by atoms with Crippen LogP contribution in [0.1, 0.15) is 20.3 Å². The van der Waals surface area contributed by atoms with Gasteiger partial charge in [-0.1, -0.05) is 30.9 Å². The van der Waals surface area contributed by atoms with Crippen molar-refractivity contribution >= 4 is 0 Å². The average Bonchev–Trinajstić information content (AvgIpc) is 2.13. The average molecular weight is 189 g/mol. The summed E-state index contributed by atoms with van der Waals surface area (Å²) < 4.78 is 0. The van der Waals surface area contributed by atoms with Crippen molar-refractivity contribution < 1.29 is 0 Å². The maximum atomic E-state index is 4.10. The van der Waals surface area contributed by atoms with Gasteiger partial charge in [-0.2, -0.15) is 0 Å². The van der Waals surface area contributed by atoms with Crippen LogP contribution in [0.5, 0.6) is 0 Å². The van der Waals surface area contributed by atoms with Crippen molar-refractivity contribution in [2.24, 2.45) is 0 Å². The highest BCUT2D eigenvalue weighted by atomic mass is 15.1. The van der Waals surface area contributed by atoms with E-state index in [1.807, 2.05) is 6.08 Å². The minimum Gasteiger partial charge on any atom is -0.374 e. The van der Waals surface area contributed by atoms with Crippen LogP contribution in [0.15, 0.2) is 47.7 Å². The Kier molecular flexibility index (Phi) is 3.34. The molecule has 0 aromatic carbocycles. The van der Waals surface area contributed by atoms with Crippen LogP contribution in [0.3, 0.4) is 0 Å². The Morgan fingerprint density at radius 1 is 1.43 bits per heavy atom. The van der Waals surface area contributed by atoms with Crippen LogP contribution in [-0.2, 0) is 0 Å². The molecule has 0 saturated carbocycles. The lowest BCUT2D eigenvalue weighted by Crippen LogP contribution is -2.24. The summed E-state index contributed by atoms with van der Waals surface area (Å²) in [7, 11) is 2.08. The number of nitrogens with zero attached hydrogens (tertiary/aromatic N) is 1. The van der Waals surface area contributed by atoms with E-state index in [1.54, 1.807) is 0 Å². The third-order valence-corrected chi connectivity index (χ3v) is 2.51. The molecule has 0 amide bonds. The van der Waals surface area contributed by atoms with Gasteiger partial charge >= 0.3 is 0 Å². The van der Waals surface area contributed by atoms with Crippen molar-refractivity contribution in [1.82, 2.24) is 4.90 Å². The van der Waals surface area contributed by atoms with Crippen molar-refractivity contribution in [3.05, 3.63) is 47.7 Å².